The van der Waals surface area contributed by atoms with E-state index in [4.69, 9.17) is 4.42 Å². The van der Waals surface area contributed by atoms with Crippen LogP contribution in [0.4, 0.5) is 0 Å². The van der Waals surface area contributed by atoms with Crippen LogP contribution in [0.15, 0.2) is 423 Å². The van der Waals surface area contributed by atoms with Crippen molar-refractivity contribution >= 4 is 183 Å². The molecule has 27 aromatic rings. The van der Waals surface area contributed by atoms with Crippen molar-refractivity contribution < 1.29 is 4.42 Å². The zero-order chi connectivity index (χ0) is 88.9. The Hall–Kier alpha value is -16.2. The summed E-state index contributed by atoms with van der Waals surface area (Å²) < 4.78 is 16.6. The summed E-state index contributed by atoms with van der Waals surface area (Å²) in [5, 5.41) is 28.5. The van der Waals surface area contributed by atoms with Crippen molar-refractivity contribution in [3.05, 3.63) is 452 Å². The zero-order valence-corrected chi connectivity index (χ0v) is 75.8. The van der Waals surface area contributed by atoms with Crippen molar-refractivity contribution in [2.45, 2.75) is 57.8 Å². The first-order valence-electron chi connectivity index (χ1n) is 46.9. The van der Waals surface area contributed by atoms with Crippen molar-refractivity contribution in [2.75, 3.05) is 0 Å². The van der Waals surface area contributed by atoms with E-state index in [9.17, 15) is 0 Å². The van der Waals surface area contributed by atoms with Crippen LogP contribution in [0.1, 0.15) is 74.9 Å². The van der Waals surface area contributed by atoms with Crippen LogP contribution >= 0.6 is 11.3 Å². The quantitative estimate of drug-likeness (QED) is 0.169. The molecular weight excluding hydrogens is 1640 g/mol. The van der Waals surface area contributed by atoms with Gasteiger partial charge < -0.3 is 18.1 Å². The molecule has 134 heavy (non-hydrogen) atoms. The lowest BCUT2D eigenvalue weighted by Gasteiger charge is -2.35. The van der Waals surface area contributed by atoms with E-state index in [-0.39, 0.29) is 16.2 Å². The number of furan rings is 1. The van der Waals surface area contributed by atoms with Crippen LogP contribution in [0, 0.1) is 0 Å². The fourth-order valence-electron chi connectivity index (χ4n) is 24.5. The number of hydrogen-bond acceptors (Lipinski definition) is 2. The second-order valence-electron chi connectivity index (χ2n) is 38.8. The van der Waals surface area contributed by atoms with Crippen LogP contribution in [0.2, 0.25) is 0 Å². The lowest BCUT2D eigenvalue weighted by molar-refractivity contribution is 0.645. The second kappa shape index (κ2) is 28.4. The van der Waals surface area contributed by atoms with E-state index in [2.05, 4.69) is 468 Å². The molecule has 5 heteroatoms. The molecule has 0 saturated heterocycles. The highest BCUT2D eigenvalue weighted by Crippen LogP contribution is 2.59. The molecule has 0 amide bonds. The van der Waals surface area contributed by atoms with Gasteiger partial charge in [0.1, 0.15) is 11.2 Å². The number of thiophene rings is 1. The fourth-order valence-corrected chi connectivity index (χ4v) is 25.6. The number of benzene rings is 22. The largest absolute Gasteiger partial charge is 0.456 e. The van der Waals surface area contributed by atoms with Gasteiger partial charge in [-0.05, 0) is 240 Å². The molecule has 0 bridgehead atoms. The summed E-state index contributed by atoms with van der Waals surface area (Å²) in [6.45, 7) is 14.3. The molecule has 0 atom stereocenters. The van der Waals surface area contributed by atoms with E-state index < -0.39 is 0 Å². The van der Waals surface area contributed by atoms with Gasteiger partial charge in [-0.1, -0.05) is 357 Å². The topological polar surface area (TPSA) is 27.9 Å². The van der Waals surface area contributed by atoms with Crippen LogP contribution in [-0.2, 0) is 16.2 Å². The Bertz CT molecular complexity index is 9380. The van der Waals surface area contributed by atoms with Gasteiger partial charge >= 0.3 is 0 Å². The highest BCUT2D eigenvalue weighted by molar-refractivity contribution is 7.25. The number of para-hydroxylation sites is 1. The fraction of sp³-hybridized carbons (Fsp3) is 0.0698. The first kappa shape index (κ1) is 76.7. The molecular formula is C129H87N3OS. The third-order valence-electron chi connectivity index (χ3n) is 30.6. The minimum atomic E-state index is -0.117. The van der Waals surface area contributed by atoms with Crippen molar-refractivity contribution in [3.63, 3.8) is 0 Å². The predicted molar refractivity (Wildman–Crippen MR) is 571 cm³/mol. The molecule has 0 fully saturated rings. The molecule has 0 aliphatic heterocycles. The molecule has 30 rings (SSSR count). The Labute approximate surface area is 778 Å². The predicted octanol–water partition coefficient (Wildman–Crippen LogP) is 35.8. The van der Waals surface area contributed by atoms with Gasteiger partial charge in [-0.15, -0.1) is 11.3 Å². The third-order valence-corrected chi connectivity index (χ3v) is 31.7. The average Bonchev–Trinajstić information content (AvgIpc) is 1.48. The van der Waals surface area contributed by atoms with E-state index in [1.165, 1.54) is 251 Å². The molecule has 630 valence electrons. The van der Waals surface area contributed by atoms with Gasteiger partial charge in [0.25, 0.3) is 0 Å². The summed E-state index contributed by atoms with van der Waals surface area (Å²) in [5.41, 5.74) is 33.8. The van der Waals surface area contributed by atoms with E-state index in [0.29, 0.717) is 0 Å². The summed E-state index contributed by atoms with van der Waals surface area (Å²) in [6, 6.07) is 155. The monoisotopic (exact) mass is 1730 g/mol. The Morgan fingerprint density at radius 3 is 0.985 bits per heavy atom. The standard InChI is InChI=1S/C47H33N.C41H27NO.C41H27NS/c1-47(2)40-22-12-11-21-38(40)45-43-33(19-13-23-41(43)47)29-39-44-37-20-10-9-18-32(37)24-25-42(44)48(46(39)45)36-27-34(30-14-5-3-6-15-30)26-35(28-36)31-16-7-4-8-17-31;2*1-41(2)32-15-7-5-14-29(32)39-37-25(11-9-16-33(37)41)22-31-38-27-12-4-3-10-24(27)18-20-34(38)42(40(31)39)26-19-21-36-30(23-26)28-13-6-8-17-35(28)43-36/h3-29H,1-2H3;2*3-23H,1-2H3. The third kappa shape index (κ3) is 10.9. The van der Waals surface area contributed by atoms with E-state index >= 15 is 0 Å². The van der Waals surface area contributed by atoms with Gasteiger partial charge in [0.2, 0.25) is 0 Å². The van der Waals surface area contributed by atoms with Crippen LogP contribution < -0.4 is 0 Å². The maximum absolute atomic E-state index is 6.24. The first-order valence-corrected chi connectivity index (χ1v) is 47.7. The van der Waals surface area contributed by atoms with Crippen molar-refractivity contribution in [1.29, 1.82) is 0 Å². The van der Waals surface area contributed by atoms with Crippen LogP contribution in [0.3, 0.4) is 0 Å². The van der Waals surface area contributed by atoms with Crippen LogP contribution in [0.25, 0.3) is 245 Å². The van der Waals surface area contributed by atoms with Gasteiger partial charge in [-0.25, -0.2) is 0 Å². The Morgan fingerprint density at radius 1 is 0.201 bits per heavy atom. The van der Waals surface area contributed by atoms with E-state index in [0.717, 1.165) is 27.6 Å². The highest BCUT2D eigenvalue weighted by atomic mass is 32.1. The van der Waals surface area contributed by atoms with Gasteiger partial charge in [-0.2, -0.15) is 0 Å². The smallest absolute Gasteiger partial charge is 0.135 e. The molecule has 0 radical (unpaired) electrons. The number of rotatable bonds is 5. The summed E-state index contributed by atoms with van der Waals surface area (Å²) in [5.74, 6) is 0. The highest BCUT2D eigenvalue weighted by Gasteiger charge is 2.40. The molecule has 5 heterocycles. The molecule has 0 saturated carbocycles. The van der Waals surface area contributed by atoms with Crippen LogP contribution in [0.5, 0.6) is 0 Å². The summed E-state index contributed by atoms with van der Waals surface area (Å²) >= 11 is 1.88. The molecule has 22 aromatic carbocycles. The van der Waals surface area contributed by atoms with Gasteiger partial charge in [-0.3, -0.25) is 0 Å². The molecule has 0 spiro atoms. The van der Waals surface area contributed by atoms with Gasteiger partial charge in [0.05, 0.1) is 33.1 Å². The Kier molecular flexibility index (Phi) is 16.3. The first-order chi connectivity index (χ1) is 65.8. The van der Waals surface area contributed by atoms with E-state index in [1.807, 2.05) is 17.4 Å². The average molecular weight is 1730 g/mol. The van der Waals surface area contributed by atoms with Crippen LogP contribution in [-0.4, -0.2) is 13.7 Å². The Morgan fingerprint density at radius 2 is 0.537 bits per heavy atom. The van der Waals surface area contributed by atoms with Crippen molar-refractivity contribution in [1.82, 2.24) is 13.7 Å². The molecule has 3 aliphatic carbocycles. The summed E-state index contributed by atoms with van der Waals surface area (Å²) in [7, 11) is 0. The zero-order valence-electron chi connectivity index (χ0n) is 75.0. The minimum absolute atomic E-state index is 0.0885. The normalized spacial score (nSPS) is 13.8. The van der Waals surface area contributed by atoms with Crippen molar-refractivity contribution in [2.24, 2.45) is 0 Å². The summed E-state index contributed by atoms with van der Waals surface area (Å²) in [4.78, 5) is 0. The summed E-state index contributed by atoms with van der Waals surface area (Å²) in [6.07, 6.45) is 0. The number of aromatic nitrogens is 3. The second-order valence-corrected chi connectivity index (χ2v) is 39.9. The number of hydrogen-bond donors (Lipinski definition) is 0. The lowest BCUT2D eigenvalue weighted by atomic mass is 9.68. The van der Waals surface area contributed by atoms with Crippen molar-refractivity contribution in [3.8, 4) is 72.7 Å². The van der Waals surface area contributed by atoms with Gasteiger partial charge in [0.15, 0.2) is 0 Å². The molecule has 3 aliphatic rings. The molecule has 4 nitrogen and oxygen atoms in total. The lowest BCUT2D eigenvalue weighted by Crippen LogP contribution is -2.23. The number of nitrogens with zero attached hydrogens (tertiary/aromatic N) is 3. The van der Waals surface area contributed by atoms with E-state index in [1.54, 1.807) is 0 Å². The minimum Gasteiger partial charge on any atom is -0.456 e. The number of fused-ring (bicyclic) bond motifs is 30. The SMILES string of the molecule is CC1(C)c2ccccc2-c2c3c1cccc3cc1c3c4ccccc4ccc3n(-c3cc(-c4ccccc4)cc(-c4ccccc4)c3)c21.CC1(C)c2ccccc2-c2c3c1cccc3cc1c3c4ccccc4ccc3n(-c3ccc4oc5ccccc5c4c3)c21.CC1(C)c2ccccc2-c2c3c1cccc3cc1c3c4ccccc4ccc3n(-c3ccc4sc5ccccc5c4c3)c21. The van der Waals surface area contributed by atoms with Gasteiger partial charge in [0, 0.05) is 113 Å². The molecule has 5 aromatic heterocycles. The maximum atomic E-state index is 6.24. The maximum Gasteiger partial charge on any atom is 0.135 e. The molecule has 0 N–H and O–H groups in total. The Balaban J connectivity index is 0.000000100. The molecule has 0 unspecified atom stereocenters.